The fourth-order valence-corrected chi connectivity index (χ4v) is 2.47. The summed E-state index contributed by atoms with van der Waals surface area (Å²) < 4.78 is 12.0. The molecule has 1 aromatic rings. The Labute approximate surface area is 115 Å². The number of rotatable bonds is 5. The Morgan fingerprint density at radius 3 is 2.89 bits per heavy atom. The van der Waals surface area contributed by atoms with Crippen LogP contribution in [0.15, 0.2) is 16.6 Å². The van der Waals surface area contributed by atoms with Gasteiger partial charge in [-0.25, -0.2) is 0 Å². The first-order valence-corrected chi connectivity index (χ1v) is 6.96. The third-order valence-corrected chi connectivity index (χ3v) is 3.55. The largest absolute Gasteiger partial charge is 0.486 e. The molecule has 18 heavy (non-hydrogen) atoms. The maximum atomic E-state index is 9.13. The van der Waals surface area contributed by atoms with E-state index in [0.717, 1.165) is 28.0 Å². The zero-order chi connectivity index (χ0) is 13.0. The van der Waals surface area contributed by atoms with Crippen molar-refractivity contribution in [2.75, 3.05) is 19.8 Å². The van der Waals surface area contributed by atoms with Crippen molar-refractivity contribution in [3.63, 3.8) is 0 Å². The second-order valence-corrected chi connectivity index (χ2v) is 5.12. The van der Waals surface area contributed by atoms with Crippen molar-refractivity contribution in [1.29, 1.82) is 0 Å². The first-order valence-electron chi connectivity index (χ1n) is 6.16. The number of aliphatic hydroxyl groups is 1. The van der Waals surface area contributed by atoms with Gasteiger partial charge in [0, 0.05) is 12.6 Å². The number of nitrogens with one attached hydrogen (secondary N) is 1. The summed E-state index contributed by atoms with van der Waals surface area (Å²) in [5.41, 5.74) is 1.11. The van der Waals surface area contributed by atoms with Crippen molar-refractivity contribution >= 4 is 15.9 Å². The zero-order valence-electron chi connectivity index (χ0n) is 10.4. The number of fused-ring (bicyclic) bond motifs is 1. The van der Waals surface area contributed by atoms with Gasteiger partial charge in [-0.15, -0.1) is 0 Å². The van der Waals surface area contributed by atoms with E-state index in [4.69, 9.17) is 14.6 Å². The number of benzene rings is 1. The minimum atomic E-state index is 0.136. The van der Waals surface area contributed by atoms with Gasteiger partial charge in [-0.2, -0.15) is 0 Å². The topological polar surface area (TPSA) is 50.7 Å². The fourth-order valence-electron chi connectivity index (χ4n) is 1.87. The molecule has 1 aliphatic heterocycles. The summed E-state index contributed by atoms with van der Waals surface area (Å²) in [5.74, 6) is 1.56. The van der Waals surface area contributed by atoms with Crippen LogP contribution in [-0.2, 0) is 6.54 Å². The molecule has 1 atom stereocenters. The van der Waals surface area contributed by atoms with Crippen LogP contribution in [0.3, 0.4) is 0 Å². The maximum Gasteiger partial charge on any atom is 0.175 e. The van der Waals surface area contributed by atoms with E-state index in [9.17, 15) is 0 Å². The summed E-state index contributed by atoms with van der Waals surface area (Å²) in [6.45, 7) is 4.08. The van der Waals surface area contributed by atoms with Crippen molar-refractivity contribution in [2.24, 2.45) is 0 Å². The third-order valence-electron chi connectivity index (χ3n) is 2.96. The third kappa shape index (κ3) is 3.16. The molecule has 4 nitrogen and oxygen atoms in total. The first kappa shape index (κ1) is 13.6. The molecule has 100 valence electrons. The lowest BCUT2D eigenvalue weighted by Crippen LogP contribution is -2.31. The molecule has 0 aromatic heterocycles. The normalized spacial score (nSPS) is 15.5. The van der Waals surface area contributed by atoms with E-state index >= 15 is 0 Å². The van der Waals surface area contributed by atoms with E-state index in [0.29, 0.717) is 19.8 Å². The van der Waals surface area contributed by atoms with Crippen LogP contribution in [-0.4, -0.2) is 31.0 Å². The second kappa shape index (κ2) is 6.41. The first-order chi connectivity index (χ1) is 8.74. The number of ether oxygens (including phenoxy) is 2. The highest BCUT2D eigenvalue weighted by Crippen LogP contribution is 2.38. The Hall–Kier alpha value is -0.780. The molecule has 0 amide bonds. The molecule has 2 rings (SSSR count). The van der Waals surface area contributed by atoms with E-state index in [1.807, 2.05) is 19.1 Å². The lowest BCUT2D eigenvalue weighted by molar-refractivity contribution is 0.170. The average Bonchev–Trinajstić information content (AvgIpc) is 2.40. The van der Waals surface area contributed by atoms with Gasteiger partial charge in [-0.3, -0.25) is 0 Å². The molecule has 0 radical (unpaired) electrons. The van der Waals surface area contributed by atoms with E-state index in [2.05, 4.69) is 21.2 Å². The molecule has 0 saturated heterocycles. The van der Waals surface area contributed by atoms with Gasteiger partial charge in [-0.1, -0.05) is 6.92 Å². The minimum absolute atomic E-state index is 0.136. The van der Waals surface area contributed by atoms with Gasteiger partial charge in [0.15, 0.2) is 11.5 Å². The van der Waals surface area contributed by atoms with Crippen molar-refractivity contribution in [2.45, 2.75) is 25.9 Å². The van der Waals surface area contributed by atoms with Crippen LogP contribution in [0.25, 0.3) is 0 Å². The Kier molecular flexibility index (Phi) is 4.86. The average molecular weight is 316 g/mol. The Morgan fingerprint density at radius 1 is 1.39 bits per heavy atom. The summed E-state index contributed by atoms with van der Waals surface area (Å²) in [4.78, 5) is 0. The summed E-state index contributed by atoms with van der Waals surface area (Å²) >= 11 is 3.49. The van der Waals surface area contributed by atoms with Crippen molar-refractivity contribution in [1.82, 2.24) is 5.32 Å². The van der Waals surface area contributed by atoms with Crippen LogP contribution < -0.4 is 14.8 Å². The van der Waals surface area contributed by atoms with Gasteiger partial charge in [-0.05, 0) is 40.0 Å². The quantitative estimate of drug-likeness (QED) is 0.873. The lowest BCUT2D eigenvalue weighted by Gasteiger charge is -2.21. The highest BCUT2D eigenvalue weighted by Gasteiger charge is 2.16. The molecular formula is C13H18BrNO3. The molecule has 0 unspecified atom stereocenters. The summed E-state index contributed by atoms with van der Waals surface area (Å²) in [7, 11) is 0. The van der Waals surface area contributed by atoms with Crippen LogP contribution in [0.5, 0.6) is 11.5 Å². The van der Waals surface area contributed by atoms with Gasteiger partial charge in [0.25, 0.3) is 0 Å². The Bertz CT molecular complexity index is 407. The van der Waals surface area contributed by atoms with E-state index in [-0.39, 0.29) is 12.6 Å². The highest BCUT2D eigenvalue weighted by molar-refractivity contribution is 9.10. The number of hydrogen-bond acceptors (Lipinski definition) is 4. The molecule has 1 aliphatic rings. The molecule has 2 N–H and O–H groups in total. The molecule has 5 heteroatoms. The van der Waals surface area contributed by atoms with Gasteiger partial charge in [0.05, 0.1) is 11.1 Å². The van der Waals surface area contributed by atoms with E-state index in [1.54, 1.807) is 0 Å². The van der Waals surface area contributed by atoms with Crippen molar-refractivity contribution < 1.29 is 14.6 Å². The van der Waals surface area contributed by atoms with E-state index in [1.165, 1.54) is 0 Å². The van der Waals surface area contributed by atoms with Crippen LogP contribution in [0.4, 0.5) is 0 Å². The predicted molar refractivity (Wildman–Crippen MR) is 73.1 cm³/mol. The smallest absolute Gasteiger partial charge is 0.175 e. The molecule has 0 bridgehead atoms. The second-order valence-electron chi connectivity index (χ2n) is 4.27. The Morgan fingerprint density at radius 2 is 2.17 bits per heavy atom. The molecule has 1 heterocycles. The van der Waals surface area contributed by atoms with Crippen LogP contribution >= 0.6 is 15.9 Å². The summed E-state index contributed by atoms with van der Waals surface area (Å²) in [5, 5.41) is 12.4. The molecule has 0 fully saturated rings. The molecule has 0 spiro atoms. The standard InChI is InChI=1S/C13H18BrNO3/c1-2-10(8-16)15-7-9-5-11(14)13-12(6-9)17-3-4-18-13/h5-6,10,15-16H,2-4,7-8H2,1H3/t10-/m0/s1. The predicted octanol–water partition coefficient (Wildman–Crippen LogP) is 2.08. The number of hydrogen-bond donors (Lipinski definition) is 2. The Balaban J connectivity index is 2.07. The monoisotopic (exact) mass is 315 g/mol. The fraction of sp³-hybridized carbons (Fsp3) is 0.538. The SMILES string of the molecule is CC[C@@H](CO)NCc1cc(Br)c2c(c1)OCCO2. The number of halogens is 1. The van der Waals surface area contributed by atoms with Crippen molar-refractivity contribution in [3.05, 3.63) is 22.2 Å². The molecule has 0 saturated carbocycles. The van der Waals surface area contributed by atoms with Crippen LogP contribution in [0.1, 0.15) is 18.9 Å². The molecular weight excluding hydrogens is 298 g/mol. The minimum Gasteiger partial charge on any atom is -0.486 e. The van der Waals surface area contributed by atoms with Gasteiger partial charge < -0.3 is 19.9 Å². The van der Waals surface area contributed by atoms with Gasteiger partial charge >= 0.3 is 0 Å². The summed E-state index contributed by atoms with van der Waals surface area (Å²) in [6.07, 6.45) is 0.905. The van der Waals surface area contributed by atoms with Gasteiger partial charge in [0.1, 0.15) is 13.2 Å². The van der Waals surface area contributed by atoms with Crippen LogP contribution in [0, 0.1) is 0 Å². The van der Waals surface area contributed by atoms with Crippen molar-refractivity contribution in [3.8, 4) is 11.5 Å². The summed E-state index contributed by atoms with van der Waals surface area (Å²) in [6, 6.07) is 4.14. The maximum absolute atomic E-state index is 9.13. The van der Waals surface area contributed by atoms with Crippen LogP contribution in [0.2, 0.25) is 0 Å². The molecule has 0 aliphatic carbocycles. The zero-order valence-corrected chi connectivity index (χ0v) is 12.0. The lowest BCUT2D eigenvalue weighted by atomic mass is 10.1. The molecule has 1 aromatic carbocycles. The number of aliphatic hydroxyl groups excluding tert-OH is 1. The highest BCUT2D eigenvalue weighted by atomic mass is 79.9. The van der Waals surface area contributed by atoms with E-state index < -0.39 is 0 Å². The van der Waals surface area contributed by atoms with Gasteiger partial charge in [0.2, 0.25) is 0 Å².